The third-order valence-electron chi connectivity index (χ3n) is 12.8. The van der Waals surface area contributed by atoms with Gasteiger partial charge in [-0.05, 0) is 97.9 Å². The van der Waals surface area contributed by atoms with Crippen LogP contribution in [-0.2, 0) is 15.9 Å². The Kier molecular flexibility index (Phi) is 8.72. The van der Waals surface area contributed by atoms with Gasteiger partial charge in [0.05, 0.1) is 37.9 Å². The molecule has 1 spiro atoms. The summed E-state index contributed by atoms with van der Waals surface area (Å²) in [6.45, 7) is 6.38. The number of aryl methyl sites for hydroxylation is 1. The van der Waals surface area contributed by atoms with E-state index in [-0.39, 0.29) is 47.1 Å². The lowest BCUT2D eigenvalue weighted by atomic mass is 9.63. The monoisotopic (exact) mass is 715 g/mol. The van der Waals surface area contributed by atoms with Crippen molar-refractivity contribution in [1.82, 2.24) is 19.9 Å². The number of benzene rings is 2. The molecule has 12 heteroatoms. The number of hydrogen-bond acceptors (Lipinski definition) is 10. The van der Waals surface area contributed by atoms with Gasteiger partial charge in [-0.15, -0.1) is 0 Å². The van der Waals surface area contributed by atoms with Crippen LogP contribution in [0.2, 0.25) is 0 Å². The first-order chi connectivity index (χ1) is 25.3. The van der Waals surface area contributed by atoms with E-state index in [4.69, 9.17) is 24.2 Å². The topological polar surface area (TPSA) is 113 Å². The number of β-amino-alcohol motifs (C(OH)–C–C–N with tert-alkyl or cyclic N) is 1. The Morgan fingerprint density at radius 1 is 1.04 bits per heavy atom. The molecule has 0 amide bonds. The number of aromatic nitrogens is 3. The third kappa shape index (κ3) is 5.77. The minimum atomic E-state index is -0.761. The van der Waals surface area contributed by atoms with Crippen molar-refractivity contribution in [3.05, 3.63) is 47.7 Å². The van der Waals surface area contributed by atoms with Gasteiger partial charge >= 0.3 is 6.01 Å². The van der Waals surface area contributed by atoms with Crippen LogP contribution in [-0.4, -0.2) is 101 Å². The zero-order chi connectivity index (χ0) is 35.6. The molecule has 5 fully saturated rings. The number of aromatic hydroxyl groups is 1. The van der Waals surface area contributed by atoms with E-state index in [9.17, 15) is 10.2 Å². The molecule has 3 atom stereocenters. The van der Waals surface area contributed by atoms with Gasteiger partial charge in [0.15, 0.2) is 5.82 Å². The Morgan fingerprint density at radius 2 is 1.90 bits per heavy atom. The molecule has 4 aromatic rings. The molecule has 3 aliphatic heterocycles. The first-order valence-corrected chi connectivity index (χ1v) is 19.0. The number of aliphatic hydroxyl groups is 1. The number of pyridine rings is 1. The standard InChI is InChI=1S/C40H47F2N5O5/c1-2-28-31(41)7-6-24-15-26(48)16-29(33(24)28)35-34(42)36-30(19-43-35)37(46-12-14-50-21-27(49)20-46)45-38(44-36)52-23-40-8-3-5-32(40)47(11-4-9-40)25-17-39(18-25)10-13-51-22-39/h6-7,15-16,19,25,27,32,48-49H,2-5,8-14,17-18,20-23H2,1H3. The Balaban J connectivity index is 1.10. The molecule has 5 aliphatic rings. The summed E-state index contributed by atoms with van der Waals surface area (Å²) in [5.74, 6) is -0.788. The number of likely N-dealkylation sites (tertiary alicyclic amines) is 1. The maximum absolute atomic E-state index is 17.1. The van der Waals surface area contributed by atoms with E-state index in [1.165, 1.54) is 37.6 Å². The van der Waals surface area contributed by atoms with Gasteiger partial charge in [0.1, 0.15) is 28.6 Å². The molecule has 9 rings (SSSR count). The number of ether oxygens (including phenoxy) is 3. The molecule has 2 aromatic heterocycles. The Bertz CT molecular complexity index is 2000. The van der Waals surface area contributed by atoms with E-state index in [0.717, 1.165) is 51.9 Å². The normalized spacial score (nSPS) is 29.5. The van der Waals surface area contributed by atoms with Gasteiger partial charge in [0, 0.05) is 49.0 Å². The van der Waals surface area contributed by atoms with Crippen LogP contribution in [0.3, 0.4) is 0 Å². The number of piperidine rings is 1. The van der Waals surface area contributed by atoms with Crippen LogP contribution in [0.4, 0.5) is 14.6 Å². The second-order valence-electron chi connectivity index (χ2n) is 15.9. The van der Waals surface area contributed by atoms with E-state index in [0.29, 0.717) is 71.2 Å². The molecule has 276 valence electrons. The largest absolute Gasteiger partial charge is 0.508 e. The average molecular weight is 716 g/mol. The van der Waals surface area contributed by atoms with Gasteiger partial charge in [-0.2, -0.15) is 9.97 Å². The summed E-state index contributed by atoms with van der Waals surface area (Å²) in [5, 5.41) is 22.8. The minimum absolute atomic E-state index is 0.0138. The second-order valence-corrected chi connectivity index (χ2v) is 15.9. The van der Waals surface area contributed by atoms with E-state index >= 15 is 8.78 Å². The highest BCUT2D eigenvalue weighted by Gasteiger charge is 2.55. The summed E-state index contributed by atoms with van der Waals surface area (Å²) in [6.07, 6.45) is 10.2. The quantitative estimate of drug-likeness (QED) is 0.230. The van der Waals surface area contributed by atoms with Crippen LogP contribution in [0.1, 0.15) is 63.9 Å². The molecule has 0 bridgehead atoms. The number of halogens is 2. The SMILES string of the molecule is CCc1c(F)ccc2cc(O)cc(-c3ncc4c(N5CCOCC(O)C5)nc(OCC56CCCC5N(C5CC7(CCOC7)C5)CCC6)nc4c3F)c12. The fraction of sp³-hybridized carbons (Fsp3) is 0.575. The van der Waals surface area contributed by atoms with Gasteiger partial charge in [0.2, 0.25) is 0 Å². The third-order valence-corrected chi connectivity index (χ3v) is 12.8. The summed E-state index contributed by atoms with van der Waals surface area (Å²) in [4.78, 5) is 18.8. The minimum Gasteiger partial charge on any atom is -0.508 e. The van der Waals surface area contributed by atoms with Crippen molar-refractivity contribution in [1.29, 1.82) is 0 Å². The summed E-state index contributed by atoms with van der Waals surface area (Å²) < 4.78 is 50.1. The molecule has 2 aromatic carbocycles. The molecule has 10 nitrogen and oxygen atoms in total. The number of rotatable bonds is 7. The maximum atomic E-state index is 17.1. The Morgan fingerprint density at radius 3 is 2.73 bits per heavy atom. The number of phenolic OH excluding ortho intramolecular Hbond substituents is 1. The zero-order valence-electron chi connectivity index (χ0n) is 29.8. The van der Waals surface area contributed by atoms with Crippen LogP contribution in [0.25, 0.3) is 32.9 Å². The van der Waals surface area contributed by atoms with Crippen LogP contribution < -0.4 is 9.64 Å². The lowest BCUT2D eigenvalue weighted by Gasteiger charge is -2.56. The molecule has 3 saturated heterocycles. The van der Waals surface area contributed by atoms with E-state index in [1.807, 2.05) is 11.8 Å². The molecule has 0 radical (unpaired) electrons. The summed E-state index contributed by atoms with van der Waals surface area (Å²) in [6, 6.07) is 7.00. The van der Waals surface area contributed by atoms with Crippen LogP contribution in [0, 0.1) is 22.5 Å². The smallest absolute Gasteiger partial charge is 0.319 e. The lowest BCUT2D eigenvalue weighted by Crippen LogP contribution is -2.60. The molecule has 2 N–H and O–H groups in total. The molecule has 3 unspecified atom stereocenters. The number of phenols is 1. The van der Waals surface area contributed by atoms with Gasteiger partial charge in [-0.3, -0.25) is 9.88 Å². The zero-order valence-corrected chi connectivity index (χ0v) is 29.8. The number of hydrogen-bond donors (Lipinski definition) is 2. The van der Waals surface area contributed by atoms with E-state index in [1.54, 1.807) is 12.1 Å². The van der Waals surface area contributed by atoms with Gasteiger partial charge in [-0.1, -0.05) is 19.4 Å². The summed E-state index contributed by atoms with van der Waals surface area (Å²) >= 11 is 0. The van der Waals surface area contributed by atoms with Gasteiger partial charge in [0.25, 0.3) is 0 Å². The van der Waals surface area contributed by atoms with Crippen molar-refractivity contribution in [2.75, 3.05) is 57.6 Å². The fourth-order valence-electron chi connectivity index (χ4n) is 10.3. The number of anilines is 1. The first kappa shape index (κ1) is 34.1. The number of aliphatic hydroxyl groups excluding tert-OH is 1. The molecular weight excluding hydrogens is 668 g/mol. The predicted molar refractivity (Wildman–Crippen MR) is 193 cm³/mol. The van der Waals surface area contributed by atoms with E-state index < -0.39 is 17.7 Å². The highest BCUT2D eigenvalue weighted by atomic mass is 19.1. The van der Waals surface area contributed by atoms with Gasteiger partial charge in [-0.25, -0.2) is 8.78 Å². The van der Waals surface area contributed by atoms with Crippen molar-refractivity contribution >= 4 is 27.5 Å². The Labute approximate surface area is 302 Å². The second kappa shape index (κ2) is 13.3. The van der Waals surface area contributed by atoms with Crippen molar-refractivity contribution in [3.63, 3.8) is 0 Å². The molecule has 52 heavy (non-hydrogen) atoms. The number of fused-ring (bicyclic) bond motifs is 3. The number of nitrogens with zero attached hydrogens (tertiary/aromatic N) is 5. The molecule has 5 heterocycles. The van der Waals surface area contributed by atoms with Crippen molar-refractivity contribution < 1.29 is 33.2 Å². The highest BCUT2D eigenvalue weighted by Crippen LogP contribution is 2.55. The first-order valence-electron chi connectivity index (χ1n) is 19.0. The molecule has 2 aliphatic carbocycles. The maximum Gasteiger partial charge on any atom is 0.319 e. The summed E-state index contributed by atoms with van der Waals surface area (Å²) in [5.41, 5.74) is 0.994. The van der Waals surface area contributed by atoms with Crippen molar-refractivity contribution in [3.8, 4) is 23.0 Å². The highest BCUT2D eigenvalue weighted by molar-refractivity contribution is 6.01. The van der Waals surface area contributed by atoms with Gasteiger partial charge < -0.3 is 29.3 Å². The van der Waals surface area contributed by atoms with Crippen LogP contribution in [0.5, 0.6) is 11.8 Å². The van der Waals surface area contributed by atoms with Crippen molar-refractivity contribution in [2.24, 2.45) is 10.8 Å². The molecular formula is C40H47F2N5O5. The van der Waals surface area contributed by atoms with E-state index in [2.05, 4.69) is 9.88 Å². The predicted octanol–water partition coefficient (Wildman–Crippen LogP) is 6.17. The lowest BCUT2D eigenvalue weighted by molar-refractivity contribution is -0.0813. The summed E-state index contributed by atoms with van der Waals surface area (Å²) in [7, 11) is 0. The Hall–Kier alpha value is -3.71. The fourth-order valence-corrected chi connectivity index (χ4v) is 10.3. The average Bonchev–Trinajstić information content (AvgIpc) is 3.74. The van der Waals surface area contributed by atoms with Crippen LogP contribution in [0.15, 0.2) is 30.5 Å². The molecule has 2 saturated carbocycles. The van der Waals surface area contributed by atoms with Crippen LogP contribution >= 0.6 is 0 Å². The van der Waals surface area contributed by atoms with Crippen molar-refractivity contribution in [2.45, 2.75) is 82.9 Å².